The van der Waals surface area contributed by atoms with Crippen LogP contribution in [0, 0.1) is 10.5 Å². The van der Waals surface area contributed by atoms with Crippen molar-refractivity contribution in [2.24, 2.45) is 0 Å². The lowest BCUT2D eigenvalue weighted by Crippen LogP contribution is -1.97. The second-order valence-electron chi connectivity index (χ2n) is 2.99. The molecule has 0 aliphatic carbocycles. The lowest BCUT2D eigenvalue weighted by molar-refractivity contribution is 0.871. The van der Waals surface area contributed by atoms with Gasteiger partial charge < -0.3 is 0 Å². The third kappa shape index (κ3) is 1.86. The summed E-state index contributed by atoms with van der Waals surface area (Å²) >= 11 is 5.76. The van der Waals surface area contributed by atoms with Crippen molar-refractivity contribution < 1.29 is 0 Å². The van der Waals surface area contributed by atoms with Gasteiger partial charge in [0, 0.05) is 10.7 Å². The number of nitrogens with zero attached hydrogens (tertiary/aromatic N) is 2. The first-order chi connectivity index (χ1) is 6.68. The van der Waals surface area contributed by atoms with Gasteiger partial charge in [-0.15, -0.1) is 0 Å². The monoisotopic (exact) mass is 362 g/mol. The SMILES string of the molecule is Cc1c(Br)cccc1-n1cc(I)cn1. The summed E-state index contributed by atoms with van der Waals surface area (Å²) in [4.78, 5) is 0. The van der Waals surface area contributed by atoms with Crippen molar-refractivity contribution in [1.82, 2.24) is 9.78 Å². The molecule has 0 atom stereocenters. The molecule has 72 valence electrons. The largest absolute Gasteiger partial charge is 0.240 e. The van der Waals surface area contributed by atoms with Gasteiger partial charge in [0.15, 0.2) is 0 Å². The number of aromatic nitrogens is 2. The predicted octanol–water partition coefficient (Wildman–Crippen LogP) is 3.55. The van der Waals surface area contributed by atoms with Crippen LogP contribution in [-0.4, -0.2) is 9.78 Å². The molecule has 2 nitrogen and oxygen atoms in total. The first-order valence-corrected chi connectivity index (χ1v) is 6.01. The van der Waals surface area contributed by atoms with Gasteiger partial charge in [-0.25, -0.2) is 4.68 Å². The zero-order chi connectivity index (χ0) is 10.1. The molecular formula is C10H8BrIN2. The Morgan fingerprint density at radius 3 is 2.86 bits per heavy atom. The number of hydrogen-bond donors (Lipinski definition) is 0. The average molecular weight is 363 g/mol. The van der Waals surface area contributed by atoms with E-state index in [4.69, 9.17) is 0 Å². The lowest BCUT2D eigenvalue weighted by atomic mass is 10.2. The maximum Gasteiger partial charge on any atom is 0.0686 e. The highest BCUT2D eigenvalue weighted by Gasteiger charge is 2.04. The van der Waals surface area contributed by atoms with E-state index in [2.05, 4.69) is 56.6 Å². The summed E-state index contributed by atoms with van der Waals surface area (Å²) in [5.41, 5.74) is 2.31. The Morgan fingerprint density at radius 2 is 2.21 bits per heavy atom. The van der Waals surface area contributed by atoms with Gasteiger partial charge in [-0.1, -0.05) is 22.0 Å². The van der Waals surface area contributed by atoms with Gasteiger partial charge in [-0.2, -0.15) is 5.10 Å². The van der Waals surface area contributed by atoms with Crippen LogP contribution in [0.3, 0.4) is 0 Å². The van der Waals surface area contributed by atoms with Crippen LogP contribution in [0.4, 0.5) is 0 Å². The van der Waals surface area contributed by atoms with Gasteiger partial charge in [-0.05, 0) is 47.2 Å². The van der Waals surface area contributed by atoms with Crippen molar-refractivity contribution in [1.29, 1.82) is 0 Å². The fourth-order valence-electron chi connectivity index (χ4n) is 1.28. The summed E-state index contributed by atoms with van der Waals surface area (Å²) in [5.74, 6) is 0. The quantitative estimate of drug-likeness (QED) is 0.709. The molecule has 0 spiro atoms. The van der Waals surface area contributed by atoms with Crippen LogP contribution in [0.2, 0.25) is 0 Å². The molecule has 4 heteroatoms. The van der Waals surface area contributed by atoms with E-state index in [0.717, 1.165) is 13.7 Å². The molecule has 1 heterocycles. The van der Waals surface area contributed by atoms with Crippen molar-refractivity contribution >= 4 is 38.5 Å². The molecule has 0 amide bonds. The minimum absolute atomic E-state index is 1.11. The number of benzene rings is 1. The molecule has 0 fully saturated rings. The fraction of sp³-hybridized carbons (Fsp3) is 0.100. The zero-order valence-corrected chi connectivity index (χ0v) is 11.3. The molecule has 1 aromatic heterocycles. The summed E-state index contributed by atoms with van der Waals surface area (Å²) < 4.78 is 4.14. The van der Waals surface area contributed by atoms with E-state index < -0.39 is 0 Å². The fourth-order valence-corrected chi connectivity index (χ4v) is 2.02. The lowest BCUT2D eigenvalue weighted by Gasteiger charge is -2.06. The van der Waals surface area contributed by atoms with Crippen molar-refractivity contribution in [3.8, 4) is 5.69 Å². The van der Waals surface area contributed by atoms with Crippen molar-refractivity contribution in [3.63, 3.8) is 0 Å². The molecule has 0 aliphatic rings. The summed E-state index contributed by atoms with van der Waals surface area (Å²) in [5, 5.41) is 4.28. The first-order valence-electron chi connectivity index (χ1n) is 4.14. The molecule has 14 heavy (non-hydrogen) atoms. The molecule has 0 saturated heterocycles. The molecular weight excluding hydrogens is 355 g/mol. The standard InChI is InChI=1S/C10H8BrIN2/c1-7-9(11)3-2-4-10(7)14-6-8(12)5-13-14/h2-6H,1H3. The molecule has 0 aliphatic heterocycles. The Morgan fingerprint density at radius 1 is 1.43 bits per heavy atom. The van der Waals surface area contributed by atoms with Crippen LogP contribution >= 0.6 is 38.5 Å². The van der Waals surface area contributed by atoms with Crippen LogP contribution in [0.5, 0.6) is 0 Å². The van der Waals surface area contributed by atoms with Gasteiger partial charge in [0.25, 0.3) is 0 Å². The molecule has 2 rings (SSSR count). The second-order valence-corrected chi connectivity index (χ2v) is 5.09. The Labute approximate surface area is 105 Å². The maximum absolute atomic E-state index is 4.28. The van der Waals surface area contributed by atoms with Gasteiger partial charge in [-0.3, -0.25) is 0 Å². The van der Waals surface area contributed by atoms with E-state index >= 15 is 0 Å². The van der Waals surface area contributed by atoms with Crippen LogP contribution in [0.15, 0.2) is 35.1 Å². The van der Waals surface area contributed by atoms with Crippen molar-refractivity contribution in [2.45, 2.75) is 6.92 Å². The predicted molar refractivity (Wildman–Crippen MR) is 68.7 cm³/mol. The summed E-state index contributed by atoms with van der Waals surface area (Å²) in [6.07, 6.45) is 3.86. The van der Waals surface area contributed by atoms with Crippen LogP contribution in [0.1, 0.15) is 5.56 Å². The van der Waals surface area contributed by atoms with E-state index in [1.807, 2.05) is 29.2 Å². The second kappa shape index (κ2) is 4.02. The topological polar surface area (TPSA) is 17.8 Å². The Bertz CT molecular complexity index is 465. The van der Waals surface area contributed by atoms with Crippen LogP contribution < -0.4 is 0 Å². The van der Waals surface area contributed by atoms with Crippen LogP contribution in [0.25, 0.3) is 5.69 Å². The average Bonchev–Trinajstić information content (AvgIpc) is 2.57. The third-order valence-electron chi connectivity index (χ3n) is 2.04. The molecule has 0 radical (unpaired) electrons. The highest BCUT2D eigenvalue weighted by atomic mass is 127. The van der Waals surface area contributed by atoms with Crippen molar-refractivity contribution in [2.75, 3.05) is 0 Å². The van der Waals surface area contributed by atoms with E-state index in [1.165, 1.54) is 5.56 Å². The summed E-state index contributed by atoms with van der Waals surface area (Å²) in [6.45, 7) is 2.08. The highest BCUT2D eigenvalue weighted by Crippen LogP contribution is 2.22. The van der Waals surface area contributed by atoms with Gasteiger partial charge >= 0.3 is 0 Å². The maximum atomic E-state index is 4.28. The molecule has 0 unspecified atom stereocenters. The van der Waals surface area contributed by atoms with Gasteiger partial charge in [0.2, 0.25) is 0 Å². The molecule has 2 aromatic rings. The zero-order valence-electron chi connectivity index (χ0n) is 7.54. The minimum Gasteiger partial charge on any atom is -0.240 e. The van der Waals surface area contributed by atoms with E-state index in [0.29, 0.717) is 0 Å². The summed E-state index contributed by atoms with van der Waals surface area (Å²) in [7, 11) is 0. The Hall–Kier alpha value is -0.360. The van der Waals surface area contributed by atoms with Gasteiger partial charge in [0.05, 0.1) is 15.5 Å². The molecule has 1 aromatic carbocycles. The first kappa shape index (κ1) is 10.2. The smallest absolute Gasteiger partial charge is 0.0686 e. The van der Waals surface area contributed by atoms with Crippen LogP contribution in [-0.2, 0) is 0 Å². The van der Waals surface area contributed by atoms with E-state index in [9.17, 15) is 0 Å². The van der Waals surface area contributed by atoms with E-state index in [-0.39, 0.29) is 0 Å². The Balaban J connectivity index is 2.57. The number of rotatable bonds is 1. The number of hydrogen-bond acceptors (Lipinski definition) is 1. The third-order valence-corrected chi connectivity index (χ3v) is 3.45. The minimum atomic E-state index is 1.11. The normalized spacial score (nSPS) is 10.5. The highest BCUT2D eigenvalue weighted by molar-refractivity contribution is 14.1. The van der Waals surface area contributed by atoms with Gasteiger partial charge in [0.1, 0.15) is 0 Å². The number of halogens is 2. The molecule has 0 saturated carbocycles. The van der Waals surface area contributed by atoms with Crippen molar-refractivity contribution in [3.05, 3.63) is 44.2 Å². The Kier molecular flexibility index (Phi) is 2.92. The summed E-state index contributed by atoms with van der Waals surface area (Å²) in [6, 6.07) is 6.11. The molecule has 0 bridgehead atoms. The molecule has 0 N–H and O–H groups in total. The van der Waals surface area contributed by atoms with E-state index in [1.54, 1.807) is 0 Å².